The van der Waals surface area contributed by atoms with Gasteiger partial charge in [-0.1, -0.05) is 37.3 Å². The van der Waals surface area contributed by atoms with E-state index in [1.54, 1.807) is 22.0 Å². The van der Waals surface area contributed by atoms with Crippen molar-refractivity contribution in [3.05, 3.63) is 54.6 Å². The third-order valence-electron chi connectivity index (χ3n) is 8.81. The summed E-state index contributed by atoms with van der Waals surface area (Å²) in [6.07, 6.45) is 6.76. The maximum absolute atomic E-state index is 14.6. The number of allylic oxidation sites excluding steroid dienone is 1. The fourth-order valence-electron chi connectivity index (χ4n) is 7.13. The van der Waals surface area contributed by atoms with Crippen LogP contribution in [0.2, 0.25) is 0 Å². The van der Waals surface area contributed by atoms with Crippen LogP contribution < -0.4 is 4.90 Å². The Morgan fingerprint density at radius 2 is 1.92 bits per heavy atom. The number of aliphatic hydroxyl groups excluding tert-OH is 1. The molecule has 3 saturated heterocycles. The highest BCUT2D eigenvalue weighted by molar-refractivity contribution is 6.05. The molecule has 4 rings (SSSR count). The number of esters is 1. The van der Waals surface area contributed by atoms with E-state index >= 15 is 0 Å². The maximum atomic E-state index is 14.6. The second-order valence-electron chi connectivity index (χ2n) is 11.0. The van der Waals surface area contributed by atoms with Crippen molar-refractivity contribution in [1.29, 1.82) is 0 Å². The zero-order valence-electron chi connectivity index (χ0n) is 23.5. The monoisotopic (exact) mass is 538 g/mol. The van der Waals surface area contributed by atoms with Crippen molar-refractivity contribution < 1.29 is 29.0 Å². The second kappa shape index (κ2) is 11.6. The van der Waals surface area contributed by atoms with E-state index in [1.165, 1.54) is 0 Å². The molecule has 5 atom stereocenters. The average molecular weight is 539 g/mol. The summed E-state index contributed by atoms with van der Waals surface area (Å²) < 4.78 is 12.5. The number of unbranched alkanes of at least 4 members (excludes halogenated alkanes) is 1. The van der Waals surface area contributed by atoms with Gasteiger partial charge in [-0.15, -0.1) is 13.2 Å². The van der Waals surface area contributed by atoms with Crippen LogP contribution in [-0.2, 0) is 23.9 Å². The number of carbonyl (C=O) groups is 3. The van der Waals surface area contributed by atoms with Crippen molar-refractivity contribution in [2.45, 2.75) is 76.5 Å². The third kappa shape index (κ3) is 4.72. The van der Waals surface area contributed by atoms with Crippen LogP contribution in [-0.4, -0.2) is 71.3 Å². The van der Waals surface area contributed by atoms with Crippen LogP contribution in [0.3, 0.4) is 0 Å². The van der Waals surface area contributed by atoms with Gasteiger partial charge in [-0.05, 0) is 63.5 Å². The Morgan fingerprint density at radius 3 is 2.54 bits per heavy atom. The number of anilines is 1. The Bertz CT molecular complexity index is 1110. The van der Waals surface area contributed by atoms with Gasteiger partial charge in [0.05, 0.1) is 18.1 Å². The van der Waals surface area contributed by atoms with Crippen LogP contribution in [0, 0.1) is 25.7 Å². The first kappa shape index (κ1) is 29.0. The van der Waals surface area contributed by atoms with E-state index in [0.717, 1.165) is 23.2 Å². The second-order valence-corrected chi connectivity index (χ2v) is 11.0. The SMILES string of the molecule is C=CCCCOC(=O)[C@@H]1[C@H]2C(=O)N(CCCO)C(C(=O)N(CC=C)c3c(C)cccc3C)C23CC[C@@]1(CC)O3. The molecule has 8 heteroatoms. The van der Waals surface area contributed by atoms with Crippen molar-refractivity contribution in [2.24, 2.45) is 11.8 Å². The van der Waals surface area contributed by atoms with Gasteiger partial charge in [-0.25, -0.2) is 0 Å². The number of hydrogen-bond donors (Lipinski definition) is 1. The Labute approximate surface area is 231 Å². The molecule has 1 aromatic carbocycles. The molecule has 0 aromatic heterocycles. The van der Waals surface area contributed by atoms with Gasteiger partial charge in [-0.3, -0.25) is 14.4 Å². The number of likely N-dealkylation sites (tertiary alicyclic amines) is 1. The summed E-state index contributed by atoms with van der Waals surface area (Å²) in [5.41, 5.74) is 0.675. The number of ether oxygens (including phenoxy) is 2. The van der Waals surface area contributed by atoms with E-state index in [1.807, 2.05) is 39.0 Å². The normalized spacial score (nSPS) is 28.9. The predicted octanol–water partition coefficient (Wildman–Crippen LogP) is 3.87. The quantitative estimate of drug-likeness (QED) is 0.233. The maximum Gasteiger partial charge on any atom is 0.312 e. The molecule has 212 valence electrons. The van der Waals surface area contributed by atoms with E-state index in [0.29, 0.717) is 32.1 Å². The number of nitrogens with zero attached hydrogens (tertiary/aromatic N) is 2. The molecule has 3 heterocycles. The smallest absolute Gasteiger partial charge is 0.312 e. The number of aryl methyl sites for hydroxylation is 2. The van der Waals surface area contributed by atoms with Gasteiger partial charge in [0.15, 0.2) is 0 Å². The van der Waals surface area contributed by atoms with Crippen LogP contribution in [0.4, 0.5) is 5.69 Å². The molecule has 2 unspecified atom stereocenters. The molecule has 3 aliphatic rings. The molecule has 3 aliphatic heterocycles. The van der Waals surface area contributed by atoms with Crippen LogP contribution in [0.5, 0.6) is 0 Å². The Hall–Kier alpha value is -2.97. The summed E-state index contributed by atoms with van der Waals surface area (Å²) in [7, 11) is 0. The number of rotatable bonds is 13. The molecule has 39 heavy (non-hydrogen) atoms. The van der Waals surface area contributed by atoms with Gasteiger partial charge in [0.1, 0.15) is 17.6 Å². The van der Waals surface area contributed by atoms with Crippen LogP contribution in [0.15, 0.2) is 43.5 Å². The van der Waals surface area contributed by atoms with Gasteiger partial charge in [0, 0.05) is 25.4 Å². The van der Waals surface area contributed by atoms with E-state index in [4.69, 9.17) is 9.47 Å². The van der Waals surface area contributed by atoms with Crippen LogP contribution in [0.1, 0.15) is 56.6 Å². The lowest BCUT2D eigenvalue weighted by Crippen LogP contribution is -2.56. The summed E-state index contributed by atoms with van der Waals surface area (Å²) in [5, 5.41) is 9.62. The van der Waals surface area contributed by atoms with E-state index in [-0.39, 0.29) is 38.1 Å². The van der Waals surface area contributed by atoms with Gasteiger partial charge in [0.25, 0.3) is 5.91 Å². The molecule has 0 saturated carbocycles. The number of carbonyl (C=O) groups excluding carboxylic acids is 3. The first-order chi connectivity index (χ1) is 18.7. The van der Waals surface area contributed by atoms with E-state index in [2.05, 4.69) is 13.2 Å². The molecule has 2 amide bonds. The molecule has 0 aliphatic carbocycles. The highest BCUT2D eigenvalue weighted by Gasteiger charge is 2.79. The Kier molecular flexibility index (Phi) is 8.66. The highest BCUT2D eigenvalue weighted by Crippen LogP contribution is 2.64. The van der Waals surface area contributed by atoms with Gasteiger partial charge in [0.2, 0.25) is 5.91 Å². The van der Waals surface area contributed by atoms with Crippen molar-refractivity contribution >= 4 is 23.5 Å². The Morgan fingerprint density at radius 1 is 1.21 bits per heavy atom. The number of para-hydroxylation sites is 1. The standard InChI is InChI=1S/C31H42N2O6/c1-6-9-10-20-38-29(37)24-23-27(35)33(18-12-19-34)26(31(23)16-15-30(24,8-3)39-31)28(36)32(17-7-2)25-21(4)13-11-14-22(25)5/h6-7,11,13-14,23-24,26,34H,1-2,8-10,12,15-20H2,3-5H3/t23-,24-,26?,30+,31?/m0/s1. The summed E-state index contributed by atoms with van der Waals surface area (Å²) in [6, 6.07) is 4.94. The van der Waals surface area contributed by atoms with Crippen molar-refractivity contribution in [1.82, 2.24) is 4.90 Å². The fourth-order valence-corrected chi connectivity index (χ4v) is 7.13. The summed E-state index contributed by atoms with van der Waals surface area (Å²) in [4.78, 5) is 45.5. The van der Waals surface area contributed by atoms with Crippen molar-refractivity contribution in [3.8, 4) is 0 Å². The molecule has 1 N–H and O–H groups in total. The van der Waals surface area contributed by atoms with E-state index in [9.17, 15) is 19.5 Å². The topological polar surface area (TPSA) is 96.4 Å². The first-order valence-corrected chi connectivity index (χ1v) is 14.1. The molecule has 2 bridgehead atoms. The van der Waals surface area contributed by atoms with Crippen LogP contribution in [0.25, 0.3) is 0 Å². The lowest BCUT2D eigenvalue weighted by Gasteiger charge is -2.37. The van der Waals surface area contributed by atoms with Crippen LogP contribution >= 0.6 is 0 Å². The minimum Gasteiger partial charge on any atom is -0.465 e. The zero-order valence-corrected chi connectivity index (χ0v) is 23.5. The number of amides is 2. The number of hydrogen-bond acceptors (Lipinski definition) is 6. The molecule has 1 spiro atoms. The molecular weight excluding hydrogens is 496 g/mol. The van der Waals surface area contributed by atoms with Crippen molar-refractivity contribution in [3.63, 3.8) is 0 Å². The molecule has 1 aromatic rings. The molecule has 0 radical (unpaired) electrons. The largest absolute Gasteiger partial charge is 0.465 e. The number of fused-ring (bicyclic) bond motifs is 1. The first-order valence-electron chi connectivity index (χ1n) is 14.1. The molecule has 3 fully saturated rings. The fraction of sp³-hybridized carbons (Fsp3) is 0.581. The van der Waals surface area contributed by atoms with Gasteiger partial charge in [-0.2, -0.15) is 0 Å². The third-order valence-corrected chi connectivity index (χ3v) is 8.81. The summed E-state index contributed by atoms with van der Waals surface area (Å²) in [5.74, 6) is -2.56. The van der Waals surface area contributed by atoms with E-state index < -0.39 is 35.0 Å². The molecule has 8 nitrogen and oxygen atoms in total. The lowest BCUT2D eigenvalue weighted by atomic mass is 9.65. The number of benzene rings is 1. The van der Waals surface area contributed by atoms with Gasteiger partial charge < -0.3 is 24.4 Å². The summed E-state index contributed by atoms with van der Waals surface area (Å²) in [6.45, 7) is 14.0. The predicted molar refractivity (Wildman–Crippen MR) is 149 cm³/mol. The lowest BCUT2D eigenvalue weighted by molar-refractivity contribution is -0.161. The Balaban J connectivity index is 1.78. The zero-order chi connectivity index (χ0) is 28.4. The average Bonchev–Trinajstić information content (AvgIpc) is 3.52. The minimum absolute atomic E-state index is 0.121. The molecular formula is C31H42N2O6. The summed E-state index contributed by atoms with van der Waals surface area (Å²) >= 11 is 0. The van der Waals surface area contributed by atoms with Gasteiger partial charge >= 0.3 is 5.97 Å². The number of aliphatic hydroxyl groups is 1. The highest BCUT2D eigenvalue weighted by atomic mass is 16.6. The van der Waals surface area contributed by atoms with Crippen molar-refractivity contribution in [2.75, 3.05) is 31.2 Å². The minimum atomic E-state index is -1.14.